The Kier molecular flexibility index (Phi) is 10.6. The monoisotopic (exact) mass is 434 g/mol. The zero-order valence-corrected chi connectivity index (χ0v) is 19.6. The highest BCUT2D eigenvalue weighted by Crippen LogP contribution is 2.22. The van der Waals surface area contributed by atoms with Crippen molar-refractivity contribution in [1.82, 2.24) is 20.4 Å². The van der Waals surface area contributed by atoms with Crippen LogP contribution in [0.15, 0.2) is 23.2 Å². The van der Waals surface area contributed by atoms with E-state index in [0.29, 0.717) is 37.7 Å². The molecule has 0 aliphatic carbocycles. The molecule has 1 aromatic rings. The Morgan fingerprint density at radius 1 is 1.10 bits per heavy atom. The molecule has 1 aromatic carbocycles. The van der Waals surface area contributed by atoms with Gasteiger partial charge in [-0.15, -0.1) is 0 Å². The van der Waals surface area contributed by atoms with Gasteiger partial charge in [-0.05, 0) is 45.0 Å². The molecule has 0 unspecified atom stereocenters. The number of nitrogens with zero attached hydrogens (tertiary/aromatic N) is 4. The van der Waals surface area contributed by atoms with E-state index in [2.05, 4.69) is 32.3 Å². The lowest BCUT2D eigenvalue weighted by atomic mass is 10.1. The van der Waals surface area contributed by atoms with Gasteiger partial charge in [-0.3, -0.25) is 4.79 Å². The number of nitrogens with one attached hydrogen (secondary N) is 2. The number of benzene rings is 1. The summed E-state index contributed by atoms with van der Waals surface area (Å²) in [5.74, 6) is 0.571. The van der Waals surface area contributed by atoms with Crippen LogP contribution in [0.2, 0.25) is 0 Å². The fourth-order valence-electron chi connectivity index (χ4n) is 3.74. The molecule has 31 heavy (non-hydrogen) atoms. The van der Waals surface area contributed by atoms with Crippen LogP contribution in [0.5, 0.6) is 0 Å². The fourth-order valence-corrected chi connectivity index (χ4v) is 3.74. The second-order valence-electron chi connectivity index (χ2n) is 7.65. The molecule has 0 aromatic heterocycles. The molecule has 0 radical (unpaired) electrons. The van der Waals surface area contributed by atoms with Crippen molar-refractivity contribution >= 4 is 17.6 Å². The number of halogens is 1. The maximum atomic E-state index is 14.7. The van der Waals surface area contributed by atoms with Gasteiger partial charge in [0.25, 0.3) is 0 Å². The predicted octanol–water partition coefficient (Wildman–Crippen LogP) is 2.28. The summed E-state index contributed by atoms with van der Waals surface area (Å²) in [6, 6.07) is 5.39. The number of rotatable bonds is 10. The van der Waals surface area contributed by atoms with Gasteiger partial charge >= 0.3 is 0 Å². The minimum Gasteiger partial charge on any atom is -0.367 e. The van der Waals surface area contributed by atoms with E-state index < -0.39 is 0 Å². The number of amides is 1. The Labute approximate surface area is 186 Å². The topological polar surface area (TPSA) is 63.2 Å². The molecular formula is C23H39FN6O. The Morgan fingerprint density at radius 3 is 2.39 bits per heavy atom. The molecule has 1 fully saturated rings. The number of anilines is 1. The van der Waals surface area contributed by atoms with Gasteiger partial charge in [0, 0.05) is 58.8 Å². The molecule has 1 saturated heterocycles. The lowest BCUT2D eigenvalue weighted by Gasteiger charge is -2.35. The lowest BCUT2D eigenvalue weighted by Crippen LogP contribution is -2.46. The van der Waals surface area contributed by atoms with Crippen molar-refractivity contribution in [3.05, 3.63) is 29.6 Å². The quantitative estimate of drug-likeness (QED) is 0.437. The van der Waals surface area contributed by atoms with Gasteiger partial charge in [-0.25, -0.2) is 9.38 Å². The van der Waals surface area contributed by atoms with Gasteiger partial charge < -0.3 is 25.3 Å². The van der Waals surface area contributed by atoms with Crippen LogP contribution in [0.1, 0.15) is 39.7 Å². The summed E-state index contributed by atoms with van der Waals surface area (Å²) in [4.78, 5) is 23.0. The van der Waals surface area contributed by atoms with Gasteiger partial charge in [0.1, 0.15) is 5.82 Å². The second-order valence-corrected chi connectivity index (χ2v) is 7.65. The summed E-state index contributed by atoms with van der Waals surface area (Å²) in [5, 5.41) is 6.38. The Morgan fingerprint density at radius 2 is 1.81 bits per heavy atom. The highest BCUT2D eigenvalue weighted by atomic mass is 19.1. The SMILES string of the molecule is CCNC(=NCc1ccc(N2CCN(CC)CC2)c(F)c1)NCCC(=O)N(CC)CC. The number of piperazine rings is 1. The molecule has 0 spiro atoms. The minimum atomic E-state index is -0.194. The van der Waals surface area contributed by atoms with E-state index in [0.717, 1.165) is 51.4 Å². The van der Waals surface area contributed by atoms with E-state index in [1.54, 1.807) is 6.07 Å². The third kappa shape index (κ3) is 7.69. The van der Waals surface area contributed by atoms with Crippen molar-refractivity contribution in [2.24, 2.45) is 4.99 Å². The third-order valence-electron chi connectivity index (χ3n) is 5.68. The molecule has 7 nitrogen and oxygen atoms in total. The maximum absolute atomic E-state index is 14.7. The normalized spacial score (nSPS) is 15.1. The number of hydrogen-bond donors (Lipinski definition) is 2. The van der Waals surface area contributed by atoms with E-state index in [9.17, 15) is 9.18 Å². The molecule has 1 aliphatic rings. The average Bonchev–Trinajstić information content (AvgIpc) is 2.78. The van der Waals surface area contributed by atoms with Crippen LogP contribution in [0.3, 0.4) is 0 Å². The lowest BCUT2D eigenvalue weighted by molar-refractivity contribution is -0.130. The van der Waals surface area contributed by atoms with Crippen LogP contribution in [-0.2, 0) is 11.3 Å². The fraction of sp³-hybridized carbons (Fsp3) is 0.652. The first-order valence-electron chi connectivity index (χ1n) is 11.6. The summed E-state index contributed by atoms with van der Waals surface area (Å²) < 4.78 is 14.7. The molecule has 1 amide bonds. The van der Waals surface area contributed by atoms with Crippen molar-refractivity contribution < 1.29 is 9.18 Å². The standard InChI is InChI=1S/C23H39FN6O/c1-5-25-23(26-12-11-22(31)29(7-3)8-4)27-18-19-9-10-21(20(24)17-19)30-15-13-28(6-2)14-16-30/h9-10,17H,5-8,11-16,18H2,1-4H3,(H2,25,26,27). The van der Waals surface area contributed by atoms with Crippen LogP contribution < -0.4 is 15.5 Å². The first kappa shape index (κ1) is 24.9. The second kappa shape index (κ2) is 13.1. The van der Waals surface area contributed by atoms with Gasteiger partial charge in [0.15, 0.2) is 5.96 Å². The highest BCUT2D eigenvalue weighted by Gasteiger charge is 2.18. The molecule has 0 saturated carbocycles. The molecule has 1 aliphatic heterocycles. The van der Waals surface area contributed by atoms with Gasteiger partial charge in [0.2, 0.25) is 5.91 Å². The molecule has 0 bridgehead atoms. The number of aliphatic imine (C=N–C) groups is 1. The zero-order valence-electron chi connectivity index (χ0n) is 19.6. The van der Waals surface area contributed by atoms with Gasteiger partial charge in [-0.1, -0.05) is 13.0 Å². The van der Waals surface area contributed by atoms with Gasteiger partial charge in [0.05, 0.1) is 12.2 Å². The van der Waals surface area contributed by atoms with Crippen LogP contribution in [0.4, 0.5) is 10.1 Å². The van der Waals surface area contributed by atoms with Crippen molar-refractivity contribution in [2.75, 3.05) is 63.8 Å². The van der Waals surface area contributed by atoms with Crippen molar-refractivity contribution in [1.29, 1.82) is 0 Å². The Bertz CT molecular complexity index is 714. The number of hydrogen-bond acceptors (Lipinski definition) is 4. The number of guanidine groups is 1. The number of carbonyl (C=O) groups excluding carboxylic acids is 1. The first-order valence-corrected chi connectivity index (χ1v) is 11.6. The van der Waals surface area contributed by atoms with E-state index in [1.807, 2.05) is 37.8 Å². The summed E-state index contributed by atoms with van der Waals surface area (Å²) >= 11 is 0. The van der Waals surface area contributed by atoms with E-state index in [4.69, 9.17) is 0 Å². The van der Waals surface area contributed by atoms with Crippen molar-refractivity contribution in [3.8, 4) is 0 Å². The average molecular weight is 435 g/mol. The maximum Gasteiger partial charge on any atom is 0.224 e. The molecule has 2 N–H and O–H groups in total. The Hall–Kier alpha value is -2.35. The van der Waals surface area contributed by atoms with Crippen molar-refractivity contribution in [2.45, 2.75) is 40.7 Å². The van der Waals surface area contributed by atoms with E-state index in [-0.39, 0.29) is 11.7 Å². The molecule has 174 valence electrons. The van der Waals surface area contributed by atoms with Crippen LogP contribution >= 0.6 is 0 Å². The highest BCUT2D eigenvalue weighted by molar-refractivity contribution is 5.81. The smallest absolute Gasteiger partial charge is 0.224 e. The molecule has 2 rings (SSSR count). The molecule has 1 heterocycles. The Balaban J connectivity index is 1.91. The molecule has 8 heteroatoms. The predicted molar refractivity (Wildman–Crippen MR) is 126 cm³/mol. The largest absolute Gasteiger partial charge is 0.367 e. The van der Waals surface area contributed by atoms with Crippen LogP contribution in [0.25, 0.3) is 0 Å². The number of carbonyl (C=O) groups is 1. The van der Waals surface area contributed by atoms with Gasteiger partial charge in [-0.2, -0.15) is 0 Å². The van der Waals surface area contributed by atoms with Crippen molar-refractivity contribution in [3.63, 3.8) is 0 Å². The zero-order chi connectivity index (χ0) is 22.6. The third-order valence-corrected chi connectivity index (χ3v) is 5.68. The van der Waals surface area contributed by atoms with Crippen LogP contribution in [-0.4, -0.2) is 80.6 Å². The van der Waals surface area contributed by atoms with Crippen LogP contribution in [0, 0.1) is 5.82 Å². The minimum absolute atomic E-state index is 0.130. The summed E-state index contributed by atoms with van der Waals surface area (Å²) in [6.07, 6.45) is 0.417. The summed E-state index contributed by atoms with van der Waals surface area (Å²) in [5.41, 5.74) is 1.49. The summed E-state index contributed by atoms with van der Waals surface area (Å²) in [7, 11) is 0. The summed E-state index contributed by atoms with van der Waals surface area (Å²) in [6.45, 7) is 15.8. The number of likely N-dealkylation sites (N-methyl/N-ethyl adjacent to an activating group) is 1. The van der Waals surface area contributed by atoms with E-state index in [1.165, 1.54) is 0 Å². The molecular weight excluding hydrogens is 395 g/mol. The first-order chi connectivity index (χ1) is 15.0. The van der Waals surface area contributed by atoms with E-state index >= 15 is 0 Å². The molecule has 0 atom stereocenters.